The Morgan fingerprint density at radius 1 is 1.10 bits per heavy atom. The van der Waals surface area contributed by atoms with E-state index in [1.807, 2.05) is 25.1 Å². The van der Waals surface area contributed by atoms with Crippen molar-refractivity contribution in [2.24, 2.45) is 5.73 Å². The summed E-state index contributed by atoms with van der Waals surface area (Å²) in [7, 11) is -1.41. The van der Waals surface area contributed by atoms with Crippen LogP contribution in [-0.4, -0.2) is 4.21 Å². The van der Waals surface area contributed by atoms with Crippen LogP contribution in [0.15, 0.2) is 41.3 Å². The first-order chi connectivity index (χ1) is 9.51. The highest BCUT2D eigenvalue weighted by atomic mass is 32.2. The van der Waals surface area contributed by atoms with Crippen molar-refractivity contribution in [3.05, 3.63) is 64.7 Å². The smallest absolute Gasteiger partial charge is 0.160 e. The Balaban J connectivity index is 2.21. The average Bonchev–Trinajstić information content (AvgIpc) is 2.43. The van der Waals surface area contributed by atoms with Crippen molar-refractivity contribution in [3.8, 4) is 0 Å². The van der Waals surface area contributed by atoms with E-state index in [1.165, 1.54) is 6.07 Å². The molecule has 0 aliphatic carbocycles. The van der Waals surface area contributed by atoms with Gasteiger partial charge >= 0.3 is 0 Å². The topological polar surface area (TPSA) is 43.1 Å². The predicted octanol–water partition coefficient (Wildman–Crippen LogP) is 3.04. The maximum Gasteiger partial charge on any atom is 0.160 e. The highest BCUT2D eigenvalue weighted by Crippen LogP contribution is 2.18. The minimum absolute atomic E-state index is 0.266. The quantitative estimate of drug-likeness (QED) is 0.942. The summed E-state index contributed by atoms with van der Waals surface area (Å²) in [5, 5.41) is 0. The molecular weight excluding hydrogens is 280 g/mol. The minimum Gasteiger partial charge on any atom is -0.326 e. The standard InChI is InChI=1S/C15H15F2NOS/c1-10-6-11(8-18)2-3-12(10)9-20(19)13-4-5-14(16)15(17)7-13/h2-7H,8-9,18H2,1H3. The zero-order valence-corrected chi connectivity index (χ0v) is 11.8. The molecule has 0 bridgehead atoms. The number of hydrogen-bond acceptors (Lipinski definition) is 2. The van der Waals surface area contributed by atoms with Gasteiger partial charge < -0.3 is 5.73 Å². The lowest BCUT2D eigenvalue weighted by Gasteiger charge is -2.08. The molecule has 2 aromatic rings. The lowest BCUT2D eigenvalue weighted by atomic mass is 10.1. The van der Waals surface area contributed by atoms with Crippen molar-refractivity contribution in [1.82, 2.24) is 0 Å². The molecule has 2 nitrogen and oxygen atoms in total. The average molecular weight is 295 g/mol. The van der Waals surface area contributed by atoms with E-state index in [0.29, 0.717) is 6.54 Å². The van der Waals surface area contributed by atoms with Crippen LogP contribution in [0.2, 0.25) is 0 Å². The van der Waals surface area contributed by atoms with E-state index < -0.39 is 22.4 Å². The van der Waals surface area contributed by atoms with Crippen LogP contribution >= 0.6 is 0 Å². The lowest BCUT2D eigenvalue weighted by Crippen LogP contribution is -2.02. The van der Waals surface area contributed by atoms with Gasteiger partial charge in [-0.3, -0.25) is 4.21 Å². The van der Waals surface area contributed by atoms with Gasteiger partial charge in [-0.25, -0.2) is 8.78 Å². The number of halogens is 2. The number of rotatable bonds is 4. The zero-order chi connectivity index (χ0) is 14.7. The van der Waals surface area contributed by atoms with Crippen LogP contribution in [0.3, 0.4) is 0 Å². The molecule has 0 fully saturated rings. The van der Waals surface area contributed by atoms with Gasteiger partial charge in [-0.2, -0.15) is 0 Å². The fourth-order valence-corrected chi connectivity index (χ4v) is 3.12. The lowest BCUT2D eigenvalue weighted by molar-refractivity contribution is 0.505. The van der Waals surface area contributed by atoms with E-state index in [-0.39, 0.29) is 10.6 Å². The molecule has 106 valence electrons. The number of aryl methyl sites for hydroxylation is 1. The summed E-state index contributed by atoms with van der Waals surface area (Å²) < 4.78 is 38.2. The van der Waals surface area contributed by atoms with Crippen LogP contribution in [0.1, 0.15) is 16.7 Å². The Hall–Kier alpha value is -1.59. The van der Waals surface area contributed by atoms with Crippen LogP contribution in [0, 0.1) is 18.6 Å². The molecule has 0 aliphatic rings. The molecular formula is C15H15F2NOS. The molecule has 5 heteroatoms. The largest absolute Gasteiger partial charge is 0.326 e. The molecule has 1 unspecified atom stereocenters. The fraction of sp³-hybridized carbons (Fsp3) is 0.200. The van der Waals surface area contributed by atoms with Crippen LogP contribution in [0.4, 0.5) is 8.78 Å². The van der Waals surface area contributed by atoms with Crippen LogP contribution in [0.5, 0.6) is 0 Å². The SMILES string of the molecule is Cc1cc(CN)ccc1CS(=O)c1ccc(F)c(F)c1. The molecule has 0 heterocycles. The van der Waals surface area contributed by atoms with Crippen molar-refractivity contribution in [1.29, 1.82) is 0 Å². The molecule has 1 atom stereocenters. The Kier molecular flexibility index (Phi) is 4.62. The molecule has 0 saturated carbocycles. The maximum absolute atomic E-state index is 13.1. The van der Waals surface area contributed by atoms with E-state index >= 15 is 0 Å². The molecule has 0 amide bonds. The molecule has 20 heavy (non-hydrogen) atoms. The summed E-state index contributed by atoms with van der Waals surface area (Å²) in [6, 6.07) is 9.01. The Labute approximate surface area is 119 Å². The summed E-state index contributed by atoms with van der Waals surface area (Å²) in [5.74, 6) is -1.65. The zero-order valence-electron chi connectivity index (χ0n) is 11.0. The van der Waals surface area contributed by atoms with Gasteiger partial charge in [-0.1, -0.05) is 18.2 Å². The molecule has 2 aromatic carbocycles. The van der Waals surface area contributed by atoms with Crippen LogP contribution in [0.25, 0.3) is 0 Å². The van der Waals surface area contributed by atoms with E-state index in [2.05, 4.69) is 0 Å². The summed E-state index contributed by atoms with van der Waals surface area (Å²) in [6.45, 7) is 2.37. The second-order valence-corrected chi connectivity index (χ2v) is 5.98. The number of benzene rings is 2. The van der Waals surface area contributed by atoms with Gasteiger partial charge in [0.1, 0.15) is 0 Å². The molecule has 2 N–H and O–H groups in total. The van der Waals surface area contributed by atoms with Crippen molar-refractivity contribution in [2.75, 3.05) is 0 Å². The normalized spacial score (nSPS) is 12.4. The summed E-state index contributed by atoms with van der Waals surface area (Å²) in [6.07, 6.45) is 0. The molecule has 0 saturated heterocycles. The second-order valence-electron chi connectivity index (χ2n) is 4.53. The molecule has 2 rings (SSSR count). The first-order valence-corrected chi connectivity index (χ1v) is 7.45. The van der Waals surface area contributed by atoms with Gasteiger partial charge in [-0.15, -0.1) is 0 Å². The third-order valence-electron chi connectivity index (χ3n) is 3.08. The first-order valence-electron chi connectivity index (χ1n) is 6.13. The summed E-state index contributed by atoms with van der Waals surface area (Å²) in [4.78, 5) is 0.284. The van der Waals surface area contributed by atoms with Crippen LogP contribution < -0.4 is 5.73 Å². The van der Waals surface area contributed by atoms with Crippen molar-refractivity contribution in [3.63, 3.8) is 0 Å². The highest BCUT2D eigenvalue weighted by molar-refractivity contribution is 7.84. The fourth-order valence-electron chi connectivity index (χ4n) is 1.89. The van der Waals surface area contributed by atoms with Gasteiger partial charge in [-0.05, 0) is 41.8 Å². The van der Waals surface area contributed by atoms with E-state index in [0.717, 1.165) is 28.8 Å². The van der Waals surface area contributed by atoms with Crippen molar-refractivity contribution < 1.29 is 13.0 Å². The van der Waals surface area contributed by atoms with E-state index in [4.69, 9.17) is 5.73 Å². The number of hydrogen-bond donors (Lipinski definition) is 1. The Bertz CT molecular complexity index is 658. The Morgan fingerprint density at radius 2 is 1.85 bits per heavy atom. The number of nitrogens with two attached hydrogens (primary N) is 1. The van der Waals surface area contributed by atoms with Gasteiger partial charge in [0.2, 0.25) is 0 Å². The molecule has 0 radical (unpaired) electrons. The van der Waals surface area contributed by atoms with Crippen molar-refractivity contribution in [2.45, 2.75) is 24.1 Å². The first kappa shape index (κ1) is 14.8. The molecule has 0 aliphatic heterocycles. The third-order valence-corrected chi connectivity index (χ3v) is 4.44. The minimum atomic E-state index is -1.41. The van der Waals surface area contributed by atoms with Gasteiger partial charge in [0.25, 0.3) is 0 Å². The third kappa shape index (κ3) is 3.29. The monoisotopic (exact) mass is 295 g/mol. The Morgan fingerprint density at radius 3 is 2.45 bits per heavy atom. The van der Waals surface area contributed by atoms with Gasteiger partial charge in [0.05, 0.1) is 16.6 Å². The second kappa shape index (κ2) is 6.24. The predicted molar refractivity (Wildman–Crippen MR) is 75.5 cm³/mol. The summed E-state index contributed by atoms with van der Waals surface area (Å²) >= 11 is 0. The molecule has 0 aromatic heterocycles. The van der Waals surface area contributed by atoms with E-state index in [1.54, 1.807) is 0 Å². The maximum atomic E-state index is 13.1. The van der Waals surface area contributed by atoms with Gasteiger partial charge in [0, 0.05) is 11.4 Å². The van der Waals surface area contributed by atoms with Crippen molar-refractivity contribution >= 4 is 10.8 Å². The van der Waals surface area contributed by atoms with E-state index in [9.17, 15) is 13.0 Å². The highest BCUT2D eigenvalue weighted by Gasteiger charge is 2.10. The van der Waals surface area contributed by atoms with Crippen LogP contribution in [-0.2, 0) is 23.1 Å². The summed E-state index contributed by atoms with van der Waals surface area (Å²) in [5.41, 5.74) is 8.46. The molecule has 0 spiro atoms. The van der Waals surface area contributed by atoms with Gasteiger partial charge in [0.15, 0.2) is 11.6 Å².